The molecule has 0 amide bonds. The molecule has 0 radical (unpaired) electrons. The van der Waals surface area contributed by atoms with E-state index in [0.29, 0.717) is 11.2 Å². The maximum Gasteiger partial charge on any atom is 0.141 e. The minimum absolute atomic E-state index is 0.184. The highest BCUT2D eigenvalue weighted by Crippen LogP contribution is 2.31. The van der Waals surface area contributed by atoms with Crippen LogP contribution in [-0.2, 0) is 0 Å². The average Bonchev–Trinajstić information content (AvgIpc) is 2.34. The summed E-state index contributed by atoms with van der Waals surface area (Å²) < 4.78 is 6.33. The molecular formula is C13H14BrNO2. The zero-order valence-electron chi connectivity index (χ0n) is 9.61. The van der Waals surface area contributed by atoms with Crippen LogP contribution >= 0.6 is 15.9 Å². The zero-order chi connectivity index (χ0) is 12.3. The van der Waals surface area contributed by atoms with E-state index in [9.17, 15) is 5.11 Å². The molecule has 4 heteroatoms. The Hall–Kier alpha value is -1.29. The number of ether oxygens (including phenoxy) is 1. The van der Waals surface area contributed by atoms with Gasteiger partial charge in [-0.1, -0.05) is 13.3 Å². The third kappa shape index (κ3) is 2.69. The normalized spacial score (nSPS) is 10.7. The molecule has 0 saturated carbocycles. The third-order valence-electron chi connectivity index (χ3n) is 2.56. The number of nitrogens with zero attached hydrogens (tertiary/aromatic N) is 1. The Labute approximate surface area is 109 Å². The predicted molar refractivity (Wildman–Crippen MR) is 71.5 cm³/mol. The smallest absolute Gasteiger partial charge is 0.141 e. The van der Waals surface area contributed by atoms with Gasteiger partial charge in [0.05, 0.1) is 12.8 Å². The number of aromatic hydroxyl groups is 1. The highest BCUT2D eigenvalue weighted by molar-refractivity contribution is 9.10. The van der Waals surface area contributed by atoms with Crippen LogP contribution in [0.5, 0.6) is 11.5 Å². The first-order chi connectivity index (χ1) is 8.22. The van der Waals surface area contributed by atoms with Gasteiger partial charge in [-0.25, -0.2) is 4.98 Å². The maximum absolute atomic E-state index is 9.68. The molecule has 0 fully saturated rings. The fourth-order valence-electron chi connectivity index (χ4n) is 1.60. The molecule has 0 bridgehead atoms. The Bertz CT molecular complexity index is 528. The van der Waals surface area contributed by atoms with Crippen molar-refractivity contribution in [3.05, 3.63) is 29.0 Å². The van der Waals surface area contributed by atoms with E-state index < -0.39 is 0 Å². The van der Waals surface area contributed by atoms with Crippen molar-refractivity contribution in [3.63, 3.8) is 0 Å². The summed E-state index contributed by atoms with van der Waals surface area (Å²) in [6, 6.07) is 5.60. The lowest BCUT2D eigenvalue weighted by Crippen LogP contribution is -1.96. The maximum atomic E-state index is 9.68. The van der Waals surface area contributed by atoms with Crippen LogP contribution in [0.15, 0.2) is 29.0 Å². The van der Waals surface area contributed by atoms with Gasteiger partial charge < -0.3 is 9.84 Å². The minimum atomic E-state index is 0.184. The second-order valence-corrected chi connectivity index (χ2v) is 4.59. The molecule has 0 aliphatic carbocycles. The summed E-state index contributed by atoms with van der Waals surface area (Å²) in [5.74, 6) is 0.988. The number of benzene rings is 1. The van der Waals surface area contributed by atoms with E-state index in [1.165, 1.54) is 6.20 Å². The Kier molecular flexibility index (Phi) is 3.84. The summed E-state index contributed by atoms with van der Waals surface area (Å²) in [5.41, 5.74) is 0. The molecular weight excluding hydrogens is 282 g/mol. The van der Waals surface area contributed by atoms with Crippen LogP contribution in [0.2, 0.25) is 0 Å². The number of unbranched alkanes of at least 4 members (excludes halogenated alkanes) is 1. The van der Waals surface area contributed by atoms with Crippen LogP contribution in [-0.4, -0.2) is 16.7 Å². The van der Waals surface area contributed by atoms with E-state index in [2.05, 4.69) is 27.8 Å². The molecule has 17 heavy (non-hydrogen) atoms. The molecule has 1 aromatic carbocycles. The van der Waals surface area contributed by atoms with Crippen LogP contribution in [0, 0.1) is 0 Å². The monoisotopic (exact) mass is 295 g/mol. The van der Waals surface area contributed by atoms with E-state index in [-0.39, 0.29) is 5.75 Å². The van der Waals surface area contributed by atoms with Gasteiger partial charge in [0.15, 0.2) is 0 Å². The van der Waals surface area contributed by atoms with Crippen molar-refractivity contribution in [3.8, 4) is 11.5 Å². The van der Waals surface area contributed by atoms with Crippen molar-refractivity contribution >= 4 is 26.7 Å². The lowest BCUT2D eigenvalue weighted by molar-refractivity contribution is 0.310. The van der Waals surface area contributed by atoms with Crippen LogP contribution in [0.4, 0.5) is 0 Å². The highest BCUT2D eigenvalue weighted by atomic mass is 79.9. The van der Waals surface area contributed by atoms with Gasteiger partial charge in [0.2, 0.25) is 0 Å². The third-order valence-corrected chi connectivity index (χ3v) is 3.19. The van der Waals surface area contributed by atoms with E-state index in [4.69, 9.17) is 4.74 Å². The lowest BCUT2D eigenvalue weighted by Gasteiger charge is -2.08. The zero-order valence-corrected chi connectivity index (χ0v) is 11.2. The number of hydrogen-bond donors (Lipinski definition) is 1. The summed E-state index contributed by atoms with van der Waals surface area (Å²) in [6.07, 6.45) is 3.58. The standard InChI is InChI=1S/C13H14BrNO2/c1-2-3-6-17-9-4-5-10-11(7-9)13(14)15-8-12(10)16/h4-5,7-8,16H,2-3,6H2,1H3. The van der Waals surface area contributed by atoms with Crippen LogP contribution in [0.1, 0.15) is 19.8 Å². The fourth-order valence-corrected chi connectivity index (χ4v) is 2.03. The van der Waals surface area contributed by atoms with Crippen LogP contribution in [0.25, 0.3) is 10.8 Å². The number of pyridine rings is 1. The van der Waals surface area contributed by atoms with Gasteiger partial charge in [-0.15, -0.1) is 0 Å². The van der Waals surface area contributed by atoms with Gasteiger partial charge in [-0.05, 0) is 40.5 Å². The van der Waals surface area contributed by atoms with Crippen molar-refractivity contribution in [2.75, 3.05) is 6.61 Å². The number of hydrogen-bond acceptors (Lipinski definition) is 3. The number of fused-ring (bicyclic) bond motifs is 1. The molecule has 1 aromatic heterocycles. The predicted octanol–water partition coefficient (Wildman–Crippen LogP) is 3.88. The topological polar surface area (TPSA) is 42.4 Å². The fraction of sp³-hybridized carbons (Fsp3) is 0.308. The van der Waals surface area contributed by atoms with Crippen molar-refractivity contribution in [1.82, 2.24) is 4.98 Å². The van der Waals surface area contributed by atoms with E-state index in [0.717, 1.165) is 29.4 Å². The lowest BCUT2D eigenvalue weighted by atomic mass is 10.1. The second kappa shape index (κ2) is 5.36. The van der Waals surface area contributed by atoms with Crippen LogP contribution in [0.3, 0.4) is 0 Å². The molecule has 90 valence electrons. The molecule has 3 nitrogen and oxygen atoms in total. The van der Waals surface area contributed by atoms with Gasteiger partial charge >= 0.3 is 0 Å². The first-order valence-corrected chi connectivity index (χ1v) is 6.41. The molecule has 1 heterocycles. The molecule has 0 aliphatic heterocycles. The van der Waals surface area contributed by atoms with Gasteiger partial charge in [0, 0.05) is 10.8 Å². The van der Waals surface area contributed by atoms with Crippen molar-refractivity contribution in [1.29, 1.82) is 0 Å². The molecule has 0 aliphatic rings. The van der Waals surface area contributed by atoms with Crippen molar-refractivity contribution in [2.45, 2.75) is 19.8 Å². The Morgan fingerprint density at radius 2 is 2.18 bits per heavy atom. The second-order valence-electron chi connectivity index (χ2n) is 3.84. The molecule has 0 unspecified atom stereocenters. The number of aromatic nitrogens is 1. The first kappa shape index (κ1) is 12.2. The molecule has 2 aromatic rings. The largest absolute Gasteiger partial charge is 0.506 e. The van der Waals surface area contributed by atoms with E-state index >= 15 is 0 Å². The highest BCUT2D eigenvalue weighted by Gasteiger charge is 2.06. The van der Waals surface area contributed by atoms with Crippen molar-refractivity contribution in [2.24, 2.45) is 0 Å². The summed E-state index contributed by atoms with van der Waals surface area (Å²) in [5, 5.41) is 11.3. The summed E-state index contributed by atoms with van der Waals surface area (Å²) in [7, 11) is 0. The van der Waals surface area contributed by atoms with Gasteiger partial charge in [-0.2, -0.15) is 0 Å². The Morgan fingerprint density at radius 1 is 1.35 bits per heavy atom. The quantitative estimate of drug-likeness (QED) is 0.687. The average molecular weight is 296 g/mol. The van der Waals surface area contributed by atoms with Crippen molar-refractivity contribution < 1.29 is 9.84 Å². The number of halogens is 1. The van der Waals surface area contributed by atoms with E-state index in [1.54, 1.807) is 0 Å². The molecule has 0 atom stereocenters. The molecule has 1 N–H and O–H groups in total. The number of rotatable bonds is 4. The first-order valence-electron chi connectivity index (χ1n) is 5.62. The summed E-state index contributed by atoms with van der Waals surface area (Å²) in [4.78, 5) is 4.06. The van der Waals surface area contributed by atoms with Gasteiger partial charge in [0.1, 0.15) is 16.1 Å². The van der Waals surface area contributed by atoms with E-state index in [1.807, 2.05) is 18.2 Å². The Balaban J connectivity index is 2.33. The van der Waals surface area contributed by atoms with Crippen LogP contribution < -0.4 is 4.74 Å². The summed E-state index contributed by atoms with van der Waals surface area (Å²) >= 11 is 3.37. The Morgan fingerprint density at radius 3 is 2.94 bits per heavy atom. The molecule has 2 rings (SSSR count). The summed E-state index contributed by atoms with van der Waals surface area (Å²) in [6.45, 7) is 2.84. The van der Waals surface area contributed by atoms with Gasteiger partial charge in [0.25, 0.3) is 0 Å². The minimum Gasteiger partial charge on any atom is -0.506 e. The van der Waals surface area contributed by atoms with Gasteiger partial charge in [-0.3, -0.25) is 0 Å². The SMILES string of the molecule is CCCCOc1ccc2c(O)cnc(Br)c2c1. The molecule has 0 spiro atoms. The molecule has 0 saturated heterocycles.